The monoisotopic (exact) mass is 759 g/mol. The molecule has 14 nitrogen and oxygen atoms in total. The van der Waals surface area contributed by atoms with Gasteiger partial charge in [-0.25, -0.2) is 0 Å². The van der Waals surface area contributed by atoms with Gasteiger partial charge in [-0.2, -0.15) is 0 Å². The van der Waals surface area contributed by atoms with Crippen LogP contribution in [-0.2, 0) is 23.7 Å². The molecule has 2 heterocycles. The van der Waals surface area contributed by atoms with Crippen LogP contribution in [0.4, 0.5) is 0 Å². The fourth-order valence-corrected chi connectivity index (χ4v) is 6.18. The van der Waals surface area contributed by atoms with Gasteiger partial charge in [0.15, 0.2) is 12.6 Å². The minimum Gasteiger partial charge on any atom is -0.394 e. The third-order valence-electron chi connectivity index (χ3n) is 9.56. The second-order valence-electron chi connectivity index (χ2n) is 14.0. The number of carbonyl (C=O) groups excluding carboxylic acids is 1. The molecule has 2 aliphatic rings. The zero-order valence-corrected chi connectivity index (χ0v) is 31.7. The predicted molar refractivity (Wildman–Crippen MR) is 198 cm³/mol. The second-order valence-corrected chi connectivity index (χ2v) is 14.0. The number of hydrogen-bond acceptors (Lipinski definition) is 13. The quantitative estimate of drug-likeness (QED) is 0.0432. The molecule has 0 radical (unpaired) electrons. The van der Waals surface area contributed by atoms with E-state index in [9.17, 15) is 45.6 Å². The molecule has 12 unspecified atom stereocenters. The zero-order valence-electron chi connectivity index (χ0n) is 31.7. The van der Waals surface area contributed by atoms with Gasteiger partial charge in [-0.05, 0) is 44.9 Å². The Balaban J connectivity index is 1.86. The van der Waals surface area contributed by atoms with E-state index in [4.69, 9.17) is 18.9 Å². The van der Waals surface area contributed by atoms with E-state index in [0.717, 1.165) is 32.1 Å². The van der Waals surface area contributed by atoms with Gasteiger partial charge in [-0.15, -0.1) is 0 Å². The van der Waals surface area contributed by atoms with Crippen molar-refractivity contribution in [2.45, 2.75) is 184 Å². The molecule has 2 saturated heterocycles. The average Bonchev–Trinajstić information content (AvgIpc) is 3.15. The van der Waals surface area contributed by atoms with E-state index in [1.807, 2.05) is 13.0 Å². The fourth-order valence-electron chi connectivity index (χ4n) is 6.18. The normalized spacial score (nSPS) is 30.8. The Labute approximate surface area is 315 Å². The van der Waals surface area contributed by atoms with Crippen molar-refractivity contribution < 1.29 is 64.6 Å². The molecule has 308 valence electrons. The number of carbonyl (C=O) groups is 1. The molecule has 0 aliphatic carbocycles. The van der Waals surface area contributed by atoms with Crippen molar-refractivity contribution >= 4 is 5.91 Å². The van der Waals surface area contributed by atoms with Crippen LogP contribution in [0, 0.1) is 0 Å². The first-order valence-corrected chi connectivity index (χ1v) is 19.7. The lowest BCUT2D eigenvalue weighted by Crippen LogP contribution is -2.65. The molecule has 0 bridgehead atoms. The van der Waals surface area contributed by atoms with Crippen molar-refractivity contribution in [3.63, 3.8) is 0 Å². The molecular formula is C39H69NO13. The predicted octanol–water partition coefficient (Wildman–Crippen LogP) is 2.03. The number of ether oxygens (including phenoxy) is 4. The van der Waals surface area contributed by atoms with Crippen molar-refractivity contribution in [1.82, 2.24) is 5.32 Å². The molecule has 2 aliphatic heterocycles. The average molecular weight is 760 g/mol. The summed E-state index contributed by atoms with van der Waals surface area (Å²) >= 11 is 0. The molecule has 1 amide bonds. The lowest BCUT2D eigenvalue weighted by molar-refractivity contribution is -0.359. The third kappa shape index (κ3) is 17.3. The van der Waals surface area contributed by atoms with Crippen molar-refractivity contribution in [2.24, 2.45) is 0 Å². The number of allylic oxidation sites excluding steroid dienone is 5. The molecule has 9 N–H and O–H groups in total. The van der Waals surface area contributed by atoms with Crippen LogP contribution in [0.1, 0.15) is 110 Å². The molecular weight excluding hydrogens is 690 g/mol. The molecule has 14 heteroatoms. The van der Waals surface area contributed by atoms with Gasteiger partial charge in [-0.1, -0.05) is 95.2 Å². The van der Waals surface area contributed by atoms with Gasteiger partial charge in [-0.3, -0.25) is 4.79 Å². The van der Waals surface area contributed by atoms with Crippen LogP contribution in [0.2, 0.25) is 0 Å². The lowest BCUT2D eigenvalue weighted by atomic mass is 9.97. The van der Waals surface area contributed by atoms with E-state index in [1.165, 1.54) is 44.9 Å². The molecule has 12 atom stereocenters. The molecule has 2 rings (SSSR count). The Kier molecular flexibility index (Phi) is 24.8. The van der Waals surface area contributed by atoms with Crippen LogP contribution in [0.3, 0.4) is 0 Å². The number of aliphatic hydroxyl groups is 8. The topological polar surface area (TPSA) is 228 Å². The first-order chi connectivity index (χ1) is 25.6. The number of unbranched alkanes of at least 4 members (excludes halogenated alkanes) is 10. The largest absolute Gasteiger partial charge is 0.394 e. The Bertz CT molecular complexity index is 1040. The van der Waals surface area contributed by atoms with Gasteiger partial charge in [0.2, 0.25) is 5.91 Å². The van der Waals surface area contributed by atoms with Gasteiger partial charge in [0, 0.05) is 6.42 Å². The van der Waals surface area contributed by atoms with E-state index in [2.05, 4.69) is 36.5 Å². The van der Waals surface area contributed by atoms with E-state index in [1.54, 1.807) is 6.08 Å². The number of hydrogen-bond donors (Lipinski definition) is 9. The Morgan fingerprint density at radius 2 is 1.21 bits per heavy atom. The summed E-state index contributed by atoms with van der Waals surface area (Å²) < 4.78 is 22.3. The summed E-state index contributed by atoms with van der Waals surface area (Å²) in [5, 5.41) is 85.4. The zero-order chi connectivity index (χ0) is 39.0. The molecule has 2 fully saturated rings. The highest BCUT2D eigenvalue weighted by Crippen LogP contribution is 2.29. The van der Waals surface area contributed by atoms with Crippen LogP contribution in [0.25, 0.3) is 0 Å². The van der Waals surface area contributed by atoms with Crippen LogP contribution in [0.15, 0.2) is 36.5 Å². The summed E-state index contributed by atoms with van der Waals surface area (Å²) in [5.41, 5.74) is 0. The summed E-state index contributed by atoms with van der Waals surface area (Å²) in [7, 11) is 0. The Morgan fingerprint density at radius 1 is 0.660 bits per heavy atom. The first-order valence-electron chi connectivity index (χ1n) is 19.7. The summed E-state index contributed by atoms with van der Waals surface area (Å²) in [6.07, 6.45) is 10.6. The Morgan fingerprint density at radius 3 is 1.83 bits per heavy atom. The number of rotatable bonds is 27. The summed E-state index contributed by atoms with van der Waals surface area (Å²) in [6, 6.07) is -0.928. The van der Waals surface area contributed by atoms with E-state index in [-0.39, 0.29) is 18.9 Å². The molecule has 0 saturated carbocycles. The molecule has 0 aromatic carbocycles. The summed E-state index contributed by atoms with van der Waals surface area (Å²) in [6.45, 7) is 2.44. The molecule has 0 aromatic heterocycles. The van der Waals surface area contributed by atoms with Gasteiger partial charge in [0.25, 0.3) is 0 Å². The SMILES string of the molecule is CCCCCCCCC/C=C/CC/C=C/CC/C=C/C(O)C(COC1OC(CO)C(OC2OC(CO)C(O)C(O)C2O)C(O)C1O)NC(=O)CCCC. The standard InChI is InChI=1S/C39H69NO13/c1-3-5-7-8-9-10-11-12-13-14-15-16-17-18-19-20-21-22-28(43)27(40-31(44)23-6-4-2)26-50-38-36(49)34(47)37(30(25-42)52-38)53-39-35(48)33(46)32(45)29(24-41)51-39/h13-14,17-18,21-22,27-30,32-39,41-43,45-49H,3-12,15-16,19-20,23-26H2,1-2H3,(H,40,44)/b14-13+,18-17+,22-21+. The third-order valence-corrected chi connectivity index (χ3v) is 9.56. The van der Waals surface area contributed by atoms with Crippen molar-refractivity contribution in [3.05, 3.63) is 36.5 Å². The van der Waals surface area contributed by atoms with E-state index in [0.29, 0.717) is 12.8 Å². The van der Waals surface area contributed by atoms with Crippen LogP contribution < -0.4 is 5.32 Å². The Hall–Kier alpha value is -1.79. The van der Waals surface area contributed by atoms with Crippen LogP contribution >= 0.6 is 0 Å². The first kappa shape index (κ1) is 47.4. The van der Waals surface area contributed by atoms with Crippen molar-refractivity contribution in [2.75, 3.05) is 19.8 Å². The van der Waals surface area contributed by atoms with Crippen LogP contribution in [-0.4, -0.2) is 140 Å². The van der Waals surface area contributed by atoms with Gasteiger partial charge < -0.3 is 65.1 Å². The smallest absolute Gasteiger partial charge is 0.220 e. The minimum absolute atomic E-state index is 0.243. The highest BCUT2D eigenvalue weighted by molar-refractivity contribution is 5.76. The van der Waals surface area contributed by atoms with Gasteiger partial charge in [0.1, 0.15) is 48.8 Å². The highest BCUT2D eigenvalue weighted by Gasteiger charge is 2.50. The maximum atomic E-state index is 12.6. The second kappa shape index (κ2) is 27.7. The summed E-state index contributed by atoms with van der Waals surface area (Å²) in [5.74, 6) is -0.293. The molecule has 53 heavy (non-hydrogen) atoms. The van der Waals surface area contributed by atoms with Crippen LogP contribution in [0.5, 0.6) is 0 Å². The number of nitrogens with one attached hydrogen (secondary N) is 1. The maximum absolute atomic E-state index is 12.6. The van der Waals surface area contributed by atoms with Gasteiger partial charge >= 0.3 is 0 Å². The number of aliphatic hydroxyl groups excluding tert-OH is 8. The number of amides is 1. The van der Waals surface area contributed by atoms with Crippen molar-refractivity contribution in [1.29, 1.82) is 0 Å². The fraction of sp³-hybridized carbons (Fsp3) is 0.821. The lowest BCUT2D eigenvalue weighted by Gasteiger charge is -2.46. The molecule has 0 spiro atoms. The van der Waals surface area contributed by atoms with Crippen molar-refractivity contribution in [3.8, 4) is 0 Å². The minimum atomic E-state index is -1.79. The molecule has 0 aromatic rings. The maximum Gasteiger partial charge on any atom is 0.220 e. The highest BCUT2D eigenvalue weighted by atomic mass is 16.7. The van der Waals surface area contributed by atoms with Gasteiger partial charge in [0.05, 0.1) is 32.0 Å². The van der Waals surface area contributed by atoms with E-state index < -0.39 is 86.8 Å². The van der Waals surface area contributed by atoms with E-state index >= 15 is 0 Å². The summed E-state index contributed by atoms with van der Waals surface area (Å²) in [4.78, 5) is 12.6.